The monoisotopic (exact) mass is 299 g/mol. The Hall–Kier alpha value is -1.26. The van der Waals surface area contributed by atoms with Gasteiger partial charge in [-0.15, -0.1) is 0 Å². The highest BCUT2D eigenvalue weighted by atomic mass is 35.5. The maximum absolute atomic E-state index is 11.9. The molecule has 1 atom stereocenters. The van der Waals surface area contributed by atoms with Gasteiger partial charge in [-0.25, -0.2) is 0 Å². The molecule has 0 fully saturated rings. The van der Waals surface area contributed by atoms with E-state index in [2.05, 4.69) is 0 Å². The normalized spacial score (nSPS) is 12.0. The Balaban J connectivity index is 2.27. The van der Waals surface area contributed by atoms with Crippen molar-refractivity contribution in [3.8, 4) is 5.75 Å². The molecular formula is C15H22ClNO3. The number of ether oxygens (including phenoxy) is 2. The molecule has 1 rings (SSSR count). The molecule has 1 aromatic rings. The molecule has 112 valence electrons. The summed E-state index contributed by atoms with van der Waals surface area (Å²) in [6, 6.07) is 7.35. The van der Waals surface area contributed by atoms with Crippen LogP contribution < -0.4 is 4.74 Å². The average molecular weight is 300 g/mol. The summed E-state index contributed by atoms with van der Waals surface area (Å²) in [6.45, 7) is 5.32. The standard InChI is InChI=1S/C15H22ClNO3/c1-4-19-12(2)15(18)17(3)10-7-11-20-14-9-6-5-8-13(14)16/h5-6,8-9,12H,4,7,10-11H2,1-3H3/t12-/m1/s1. The molecular weight excluding hydrogens is 278 g/mol. The molecule has 0 radical (unpaired) electrons. The van der Waals surface area contributed by atoms with Crippen LogP contribution in [0.4, 0.5) is 0 Å². The number of nitrogens with zero attached hydrogens (tertiary/aromatic N) is 1. The Morgan fingerprint density at radius 1 is 1.40 bits per heavy atom. The molecule has 1 aromatic carbocycles. The van der Waals surface area contributed by atoms with Crippen molar-refractivity contribution in [2.24, 2.45) is 0 Å². The van der Waals surface area contributed by atoms with Gasteiger partial charge in [0.05, 0.1) is 11.6 Å². The van der Waals surface area contributed by atoms with Crippen molar-refractivity contribution in [3.63, 3.8) is 0 Å². The highest BCUT2D eigenvalue weighted by Crippen LogP contribution is 2.23. The van der Waals surface area contributed by atoms with E-state index >= 15 is 0 Å². The third-order valence-electron chi connectivity index (χ3n) is 2.87. The van der Waals surface area contributed by atoms with Crippen molar-refractivity contribution in [3.05, 3.63) is 29.3 Å². The summed E-state index contributed by atoms with van der Waals surface area (Å²) < 4.78 is 10.8. The van der Waals surface area contributed by atoms with Crippen LogP contribution in [0.15, 0.2) is 24.3 Å². The number of likely N-dealkylation sites (N-methyl/N-ethyl adjacent to an activating group) is 1. The van der Waals surface area contributed by atoms with E-state index in [1.165, 1.54) is 0 Å². The lowest BCUT2D eigenvalue weighted by molar-refractivity contribution is -0.141. The maximum Gasteiger partial charge on any atom is 0.251 e. The van der Waals surface area contributed by atoms with E-state index < -0.39 is 6.10 Å². The van der Waals surface area contributed by atoms with Crippen LogP contribution in [0.5, 0.6) is 5.75 Å². The topological polar surface area (TPSA) is 38.8 Å². The van der Waals surface area contributed by atoms with Gasteiger partial charge in [-0.2, -0.15) is 0 Å². The summed E-state index contributed by atoms with van der Waals surface area (Å²) >= 11 is 5.99. The van der Waals surface area contributed by atoms with Gasteiger partial charge in [-0.05, 0) is 32.4 Å². The van der Waals surface area contributed by atoms with Gasteiger partial charge in [0.15, 0.2) is 0 Å². The smallest absolute Gasteiger partial charge is 0.251 e. The molecule has 20 heavy (non-hydrogen) atoms. The fraction of sp³-hybridized carbons (Fsp3) is 0.533. The van der Waals surface area contributed by atoms with E-state index in [4.69, 9.17) is 21.1 Å². The Labute approximate surface area is 125 Å². The SMILES string of the molecule is CCO[C@H](C)C(=O)N(C)CCCOc1ccccc1Cl. The van der Waals surface area contributed by atoms with Crippen LogP contribution in [0.25, 0.3) is 0 Å². The molecule has 0 N–H and O–H groups in total. The maximum atomic E-state index is 11.9. The number of carbonyl (C=O) groups is 1. The van der Waals surface area contributed by atoms with Crippen molar-refractivity contribution < 1.29 is 14.3 Å². The molecule has 0 heterocycles. The number of para-hydroxylation sites is 1. The highest BCUT2D eigenvalue weighted by Gasteiger charge is 2.16. The number of benzene rings is 1. The van der Waals surface area contributed by atoms with Crippen molar-refractivity contribution in [2.45, 2.75) is 26.4 Å². The zero-order chi connectivity index (χ0) is 15.0. The van der Waals surface area contributed by atoms with E-state index in [0.717, 1.165) is 6.42 Å². The van der Waals surface area contributed by atoms with Gasteiger partial charge in [0.25, 0.3) is 5.91 Å². The lowest BCUT2D eigenvalue weighted by Gasteiger charge is -2.21. The van der Waals surface area contributed by atoms with Crippen LogP contribution >= 0.6 is 11.6 Å². The highest BCUT2D eigenvalue weighted by molar-refractivity contribution is 6.32. The fourth-order valence-electron chi connectivity index (χ4n) is 1.79. The quantitative estimate of drug-likeness (QED) is 0.693. The van der Waals surface area contributed by atoms with Crippen LogP contribution in [-0.4, -0.2) is 43.7 Å². The predicted octanol–water partition coefficient (Wildman–Crippen LogP) is 2.99. The third kappa shape index (κ3) is 5.39. The first-order chi connectivity index (χ1) is 9.56. The summed E-state index contributed by atoms with van der Waals surface area (Å²) in [7, 11) is 1.77. The Kier molecular flexibility index (Phi) is 7.41. The summed E-state index contributed by atoms with van der Waals surface area (Å²) in [4.78, 5) is 13.6. The van der Waals surface area contributed by atoms with Gasteiger partial charge in [-0.1, -0.05) is 23.7 Å². The minimum absolute atomic E-state index is 0.00964. The van der Waals surface area contributed by atoms with E-state index in [-0.39, 0.29) is 5.91 Å². The van der Waals surface area contributed by atoms with E-state index in [1.54, 1.807) is 24.9 Å². The second-order valence-corrected chi connectivity index (χ2v) is 4.90. The Morgan fingerprint density at radius 3 is 2.75 bits per heavy atom. The fourth-order valence-corrected chi connectivity index (χ4v) is 1.98. The minimum atomic E-state index is -0.394. The van der Waals surface area contributed by atoms with Crippen LogP contribution in [0, 0.1) is 0 Å². The zero-order valence-corrected chi connectivity index (χ0v) is 13.0. The largest absolute Gasteiger partial charge is 0.492 e. The first-order valence-electron chi connectivity index (χ1n) is 6.80. The molecule has 1 amide bonds. The van der Waals surface area contributed by atoms with E-state index in [1.807, 2.05) is 25.1 Å². The van der Waals surface area contributed by atoms with Crippen molar-refractivity contribution >= 4 is 17.5 Å². The summed E-state index contributed by atoms with van der Waals surface area (Å²) in [6.07, 6.45) is 0.348. The van der Waals surface area contributed by atoms with Crippen LogP contribution in [0.1, 0.15) is 20.3 Å². The molecule has 0 aliphatic carbocycles. The van der Waals surface area contributed by atoms with Gasteiger partial charge < -0.3 is 14.4 Å². The molecule has 0 aliphatic rings. The van der Waals surface area contributed by atoms with Crippen molar-refractivity contribution in [1.82, 2.24) is 4.90 Å². The van der Waals surface area contributed by atoms with Gasteiger partial charge in [-0.3, -0.25) is 4.79 Å². The van der Waals surface area contributed by atoms with Crippen molar-refractivity contribution in [1.29, 1.82) is 0 Å². The lowest BCUT2D eigenvalue weighted by Crippen LogP contribution is -2.37. The number of hydrogen-bond donors (Lipinski definition) is 0. The van der Waals surface area contributed by atoms with Crippen molar-refractivity contribution in [2.75, 3.05) is 26.8 Å². The molecule has 0 aromatic heterocycles. The van der Waals surface area contributed by atoms with Crippen LogP contribution in [0.2, 0.25) is 5.02 Å². The minimum Gasteiger partial charge on any atom is -0.492 e. The summed E-state index contributed by atoms with van der Waals surface area (Å²) in [5.41, 5.74) is 0. The Bertz CT molecular complexity index is 425. The number of carbonyl (C=O) groups excluding carboxylic acids is 1. The number of rotatable bonds is 8. The van der Waals surface area contributed by atoms with Crippen LogP contribution in [-0.2, 0) is 9.53 Å². The molecule has 0 saturated heterocycles. The number of hydrogen-bond acceptors (Lipinski definition) is 3. The Morgan fingerprint density at radius 2 is 2.10 bits per heavy atom. The van der Waals surface area contributed by atoms with Gasteiger partial charge in [0.2, 0.25) is 0 Å². The van der Waals surface area contributed by atoms with E-state index in [0.29, 0.717) is 30.5 Å². The van der Waals surface area contributed by atoms with E-state index in [9.17, 15) is 4.79 Å². The first kappa shape index (κ1) is 16.8. The van der Waals surface area contributed by atoms with Gasteiger partial charge >= 0.3 is 0 Å². The van der Waals surface area contributed by atoms with Gasteiger partial charge in [0.1, 0.15) is 11.9 Å². The molecule has 4 nitrogen and oxygen atoms in total. The third-order valence-corrected chi connectivity index (χ3v) is 3.18. The number of amides is 1. The van der Waals surface area contributed by atoms with Gasteiger partial charge in [0, 0.05) is 20.2 Å². The second-order valence-electron chi connectivity index (χ2n) is 4.49. The summed E-state index contributed by atoms with van der Waals surface area (Å²) in [5, 5.41) is 0.599. The number of halogens is 1. The first-order valence-corrected chi connectivity index (χ1v) is 7.18. The molecule has 0 aliphatic heterocycles. The molecule has 0 bridgehead atoms. The summed E-state index contributed by atoms with van der Waals surface area (Å²) in [5.74, 6) is 0.662. The van der Waals surface area contributed by atoms with Crippen LogP contribution in [0.3, 0.4) is 0 Å². The second kappa shape index (κ2) is 8.82. The lowest BCUT2D eigenvalue weighted by atomic mass is 10.3. The molecule has 0 unspecified atom stereocenters. The molecule has 0 spiro atoms. The molecule has 0 saturated carbocycles. The zero-order valence-electron chi connectivity index (χ0n) is 12.3. The average Bonchev–Trinajstić information content (AvgIpc) is 2.44. The predicted molar refractivity (Wildman–Crippen MR) is 80.3 cm³/mol. The molecule has 5 heteroatoms.